The molecule has 0 fully saturated rings. The highest BCUT2D eigenvalue weighted by Gasteiger charge is 2.14. The number of nitrogens with zero attached hydrogens (tertiary/aromatic N) is 1. The molecule has 49 heavy (non-hydrogen) atoms. The van der Waals surface area contributed by atoms with E-state index >= 15 is 0 Å². The number of nitrogens with one attached hydrogen (secondary N) is 4. The van der Waals surface area contributed by atoms with Crippen LogP contribution in [-0.2, 0) is 0 Å². The van der Waals surface area contributed by atoms with Gasteiger partial charge in [-0.15, -0.1) is 0 Å². The summed E-state index contributed by atoms with van der Waals surface area (Å²) in [6, 6.07) is 43.5. The molecule has 0 aliphatic carbocycles. The van der Waals surface area contributed by atoms with Gasteiger partial charge >= 0.3 is 0 Å². The minimum Gasteiger partial charge on any atom is -0.354 e. The van der Waals surface area contributed by atoms with Crippen LogP contribution in [0.2, 0.25) is 0 Å². The quantitative estimate of drug-likeness (QED) is 0.153. The lowest BCUT2D eigenvalue weighted by atomic mass is 10.0. The summed E-state index contributed by atoms with van der Waals surface area (Å²) in [5.41, 5.74) is 20.3. The number of aromatic nitrogens is 5. The van der Waals surface area contributed by atoms with Crippen LogP contribution in [0.4, 0.5) is 0 Å². The molecule has 5 aromatic heterocycles. The number of hydrogen-bond acceptors (Lipinski definition) is 1. The second-order valence-electron chi connectivity index (χ2n) is 13.1. The van der Waals surface area contributed by atoms with E-state index in [1.54, 1.807) is 0 Å². The van der Waals surface area contributed by atoms with Crippen LogP contribution in [0.25, 0.3) is 89.7 Å². The third-order valence-electron chi connectivity index (χ3n) is 9.57. The molecule has 0 saturated carbocycles. The molecule has 9 rings (SSSR count). The minimum absolute atomic E-state index is 0.901. The Morgan fingerprint density at radius 3 is 1.06 bits per heavy atom. The van der Waals surface area contributed by atoms with E-state index in [-0.39, 0.29) is 0 Å². The van der Waals surface area contributed by atoms with E-state index in [0.29, 0.717) is 0 Å². The zero-order chi connectivity index (χ0) is 33.1. The molecule has 0 radical (unpaired) electrons. The summed E-state index contributed by atoms with van der Waals surface area (Å²) in [5.74, 6) is 0. The van der Waals surface area contributed by atoms with Crippen LogP contribution >= 0.6 is 0 Å². The molecule has 0 unspecified atom stereocenters. The number of aryl methyl sites for hydroxylation is 3. The van der Waals surface area contributed by atoms with Crippen molar-refractivity contribution in [2.45, 2.75) is 20.8 Å². The second kappa shape index (κ2) is 11.4. The van der Waals surface area contributed by atoms with Gasteiger partial charge in [0.15, 0.2) is 0 Å². The maximum Gasteiger partial charge on any atom is 0.0872 e. The summed E-state index contributed by atoms with van der Waals surface area (Å²) in [6.07, 6.45) is 4.23. The van der Waals surface area contributed by atoms with Crippen molar-refractivity contribution in [1.29, 1.82) is 0 Å². The number of fused-ring (bicyclic) bond motifs is 12. The van der Waals surface area contributed by atoms with Gasteiger partial charge in [-0.2, -0.15) is 0 Å². The van der Waals surface area contributed by atoms with Crippen molar-refractivity contribution in [3.05, 3.63) is 149 Å². The Kier molecular flexibility index (Phi) is 6.73. The molecule has 5 nitrogen and oxygen atoms in total. The first-order chi connectivity index (χ1) is 24.0. The van der Waals surface area contributed by atoms with E-state index in [1.165, 1.54) is 16.7 Å². The van der Waals surface area contributed by atoms with Crippen LogP contribution in [0.1, 0.15) is 28.1 Å². The van der Waals surface area contributed by atoms with Crippen LogP contribution in [0.3, 0.4) is 0 Å². The largest absolute Gasteiger partial charge is 0.354 e. The Balaban J connectivity index is 1.44. The first kappa shape index (κ1) is 28.9. The topological polar surface area (TPSA) is 76.0 Å². The number of hydrogen-bond donors (Lipinski definition) is 4. The average molecular weight is 634 g/mol. The van der Waals surface area contributed by atoms with E-state index in [2.05, 4.69) is 174 Å². The molecule has 1 aliphatic rings. The molecule has 236 valence electrons. The van der Waals surface area contributed by atoms with E-state index in [9.17, 15) is 0 Å². The fraction of sp³-hybridized carbons (Fsp3) is 0.0682. The second-order valence-corrected chi connectivity index (χ2v) is 13.1. The number of rotatable bonds is 3. The van der Waals surface area contributed by atoms with Gasteiger partial charge in [-0.3, -0.25) is 0 Å². The molecule has 0 amide bonds. The summed E-state index contributed by atoms with van der Waals surface area (Å²) in [4.78, 5) is 20.3. The molecule has 8 aromatic rings. The van der Waals surface area contributed by atoms with Gasteiger partial charge in [-0.1, -0.05) is 89.5 Å². The smallest absolute Gasteiger partial charge is 0.0872 e. The number of aromatic amines is 4. The van der Waals surface area contributed by atoms with Crippen LogP contribution < -0.4 is 0 Å². The lowest BCUT2D eigenvalue weighted by molar-refractivity contribution is 1.32. The number of H-pyrrole nitrogens is 4. The first-order valence-electron chi connectivity index (χ1n) is 16.7. The fourth-order valence-electron chi connectivity index (χ4n) is 6.94. The van der Waals surface area contributed by atoms with Crippen molar-refractivity contribution >= 4 is 56.3 Å². The summed E-state index contributed by atoms with van der Waals surface area (Å²) in [7, 11) is 0. The lowest BCUT2D eigenvalue weighted by Gasteiger charge is -2.05. The van der Waals surface area contributed by atoms with Crippen molar-refractivity contribution in [1.82, 2.24) is 24.9 Å². The van der Waals surface area contributed by atoms with Gasteiger partial charge in [0.25, 0.3) is 0 Å². The molecular weight excluding hydrogens is 599 g/mol. The predicted octanol–water partition coefficient (Wildman–Crippen LogP) is 11.7. The van der Waals surface area contributed by atoms with Crippen LogP contribution in [0.5, 0.6) is 0 Å². The Morgan fingerprint density at radius 1 is 0.306 bits per heavy atom. The van der Waals surface area contributed by atoms with Gasteiger partial charge in [0.05, 0.1) is 27.9 Å². The predicted molar refractivity (Wildman–Crippen MR) is 206 cm³/mol. The summed E-state index contributed by atoms with van der Waals surface area (Å²) in [5, 5.41) is 0. The van der Waals surface area contributed by atoms with Gasteiger partial charge in [0, 0.05) is 44.3 Å². The van der Waals surface area contributed by atoms with Crippen molar-refractivity contribution in [3.8, 4) is 33.4 Å². The Hall–Kier alpha value is -6.33. The standard InChI is InChI=1S/C44H35N5/c1-26-4-10-29(11-5-26)42-36-20-16-32(45-36)34-18-22-38(47-34)43(30-12-6-27(2)7-13-30)40-24-25-41(49-40)44(31-14-8-28(3)9-15-31)39-23-19-35(48-39)33-17-21-37(42)46-33/h4-25,45,47-49H,1-3H3. The molecule has 0 saturated heterocycles. The molecule has 3 aromatic carbocycles. The highest BCUT2D eigenvalue weighted by Crippen LogP contribution is 2.35. The molecule has 4 N–H and O–H groups in total. The number of benzene rings is 3. The zero-order valence-corrected chi connectivity index (χ0v) is 27.6. The highest BCUT2D eigenvalue weighted by atomic mass is 14.8. The Morgan fingerprint density at radius 2 is 0.612 bits per heavy atom. The maximum absolute atomic E-state index is 5.20. The normalized spacial score (nSPS) is 11.9. The molecule has 5 heteroatoms. The summed E-state index contributed by atoms with van der Waals surface area (Å²) in [6.45, 7) is 6.37. The monoisotopic (exact) mass is 633 g/mol. The van der Waals surface area contributed by atoms with Crippen LogP contribution in [0, 0.1) is 20.8 Å². The maximum atomic E-state index is 5.20. The van der Waals surface area contributed by atoms with Gasteiger partial charge < -0.3 is 19.9 Å². The summed E-state index contributed by atoms with van der Waals surface area (Å²) < 4.78 is 0. The average Bonchev–Trinajstić information content (AvgIpc) is 3.96. The highest BCUT2D eigenvalue weighted by molar-refractivity contribution is 6.00. The lowest BCUT2D eigenvalue weighted by Crippen LogP contribution is -1.86. The Bertz CT molecular complexity index is 2710. The van der Waals surface area contributed by atoms with Crippen LogP contribution in [-0.4, -0.2) is 24.9 Å². The van der Waals surface area contributed by atoms with Crippen molar-refractivity contribution in [3.63, 3.8) is 0 Å². The molecule has 0 spiro atoms. The van der Waals surface area contributed by atoms with E-state index in [0.717, 1.165) is 88.9 Å². The van der Waals surface area contributed by atoms with E-state index in [4.69, 9.17) is 4.98 Å². The van der Waals surface area contributed by atoms with Crippen LogP contribution in [0.15, 0.2) is 121 Å². The first-order valence-corrected chi connectivity index (χ1v) is 16.7. The van der Waals surface area contributed by atoms with Gasteiger partial charge in [-0.05, 0) is 98.1 Å². The minimum atomic E-state index is 0.901. The third kappa shape index (κ3) is 5.17. The van der Waals surface area contributed by atoms with Crippen molar-refractivity contribution in [2.24, 2.45) is 0 Å². The summed E-state index contributed by atoms with van der Waals surface area (Å²) >= 11 is 0. The van der Waals surface area contributed by atoms with Gasteiger partial charge in [0.1, 0.15) is 0 Å². The van der Waals surface area contributed by atoms with E-state index in [1.807, 2.05) is 0 Å². The zero-order valence-electron chi connectivity index (χ0n) is 27.6. The molecule has 1 aliphatic heterocycles. The van der Waals surface area contributed by atoms with Gasteiger partial charge in [-0.25, -0.2) is 4.98 Å². The molecular formula is C44H35N5. The molecule has 10 bridgehead atoms. The van der Waals surface area contributed by atoms with E-state index < -0.39 is 0 Å². The van der Waals surface area contributed by atoms with Gasteiger partial charge in [0.2, 0.25) is 0 Å². The fourth-order valence-corrected chi connectivity index (χ4v) is 6.94. The molecule has 6 heterocycles. The Labute approximate surface area is 284 Å². The SMILES string of the molecule is Cc1ccc(-c2c3nc(c4ccc([nH]4)c(-c4ccc(C)cc4)c4ccc([nH]4)c(-c4ccc(C)cc4)c4ccc([nH]4)c4ccc2[nH]4)C=C3)cc1. The van der Waals surface area contributed by atoms with Crippen molar-refractivity contribution < 1.29 is 0 Å². The van der Waals surface area contributed by atoms with Crippen molar-refractivity contribution in [2.75, 3.05) is 0 Å². The third-order valence-corrected chi connectivity index (χ3v) is 9.57. The molecule has 0 atom stereocenters.